The molecular weight excluding hydrogens is 440 g/mol. The van der Waals surface area contributed by atoms with Gasteiger partial charge in [0.15, 0.2) is 15.6 Å². The first-order valence-electron chi connectivity index (χ1n) is 11.4. The Morgan fingerprint density at radius 1 is 0.879 bits per heavy atom. The van der Waals surface area contributed by atoms with Crippen LogP contribution in [0.15, 0.2) is 64.2 Å². The highest BCUT2D eigenvalue weighted by Crippen LogP contribution is 2.24. The first-order chi connectivity index (χ1) is 15.9. The molecular formula is C25H28N2O5S. The third kappa shape index (κ3) is 5.00. The molecule has 0 aliphatic heterocycles. The van der Waals surface area contributed by atoms with Gasteiger partial charge in [-0.25, -0.2) is 13.2 Å². The molecule has 1 saturated carbocycles. The van der Waals surface area contributed by atoms with E-state index in [1.165, 1.54) is 4.57 Å². The number of para-hydroxylation sites is 1. The Balaban J connectivity index is 1.62. The van der Waals surface area contributed by atoms with Gasteiger partial charge in [-0.05, 0) is 31.4 Å². The SMILES string of the molecule is O=C(Cn1c(=O)n(CCCS(=O)(=O)C2CCCCC2)c(=O)c2ccccc21)c1ccccc1. The van der Waals surface area contributed by atoms with Crippen molar-refractivity contribution in [3.8, 4) is 0 Å². The number of carbonyl (C=O) groups excluding carboxylic acids is 1. The molecule has 4 rings (SSSR count). The lowest BCUT2D eigenvalue weighted by atomic mass is 10.0. The number of sulfone groups is 1. The number of aromatic nitrogens is 2. The Hall–Kier alpha value is -3.00. The molecule has 0 spiro atoms. The molecule has 0 unspecified atom stereocenters. The van der Waals surface area contributed by atoms with Crippen molar-refractivity contribution in [3.05, 3.63) is 81.0 Å². The van der Waals surface area contributed by atoms with Gasteiger partial charge in [-0.1, -0.05) is 61.7 Å². The van der Waals surface area contributed by atoms with E-state index in [-0.39, 0.29) is 36.3 Å². The highest BCUT2D eigenvalue weighted by molar-refractivity contribution is 7.92. The topological polar surface area (TPSA) is 95.2 Å². The van der Waals surface area contributed by atoms with Crippen molar-refractivity contribution in [2.75, 3.05) is 5.75 Å². The second kappa shape index (κ2) is 9.87. The second-order valence-corrected chi connectivity index (χ2v) is 11.0. The summed E-state index contributed by atoms with van der Waals surface area (Å²) in [6, 6.07) is 15.4. The van der Waals surface area contributed by atoms with Gasteiger partial charge in [0.05, 0.1) is 28.5 Å². The molecule has 3 aromatic rings. The van der Waals surface area contributed by atoms with Gasteiger partial charge >= 0.3 is 5.69 Å². The average Bonchev–Trinajstić information content (AvgIpc) is 2.85. The molecule has 33 heavy (non-hydrogen) atoms. The van der Waals surface area contributed by atoms with Gasteiger partial charge in [0.1, 0.15) is 0 Å². The van der Waals surface area contributed by atoms with Crippen molar-refractivity contribution in [1.82, 2.24) is 9.13 Å². The third-order valence-electron chi connectivity index (χ3n) is 6.40. The highest BCUT2D eigenvalue weighted by atomic mass is 32.2. The van der Waals surface area contributed by atoms with E-state index in [0.717, 1.165) is 23.8 Å². The van der Waals surface area contributed by atoms with E-state index < -0.39 is 21.1 Å². The molecule has 1 aliphatic carbocycles. The first kappa shape index (κ1) is 23.2. The molecule has 2 aromatic carbocycles. The number of carbonyl (C=O) groups is 1. The smallest absolute Gasteiger partial charge is 0.292 e. The fourth-order valence-corrected chi connectivity index (χ4v) is 6.51. The number of ketones is 1. The van der Waals surface area contributed by atoms with Crippen LogP contribution >= 0.6 is 0 Å². The van der Waals surface area contributed by atoms with Gasteiger partial charge in [-0.3, -0.25) is 18.7 Å². The van der Waals surface area contributed by atoms with Crippen molar-refractivity contribution in [1.29, 1.82) is 0 Å². The standard InChI is InChI=1S/C25H28N2O5S/c28-23(19-10-3-1-4-11-19)18-27-22-15-8-7-14-21(22)24(29)26(25(27)30)16-9-17-33(31,32)20-12-5-2-6-13-20/h1,3-4,7-8,10-11,14-15,20H,2,5-6,9,12-13,16-18H2. The molecule has 0 radical (unpaired) electrons. The van der Waals surface area contributed by atoms with Gasteiger partial charge in [0.25, 0.3) is 5.56 Å². The molecule has 7 nitrogen and oxygen atoms in total. The van der Waals surface area contributed by atoms with E-state index in [1.807, 2.05) is 0 Å². The van der Waals surface area contributed by atoms with Crippen LogP contribution in [0.25, 0.3) is 10.9 Å². The number of benzene rings is 2. The molecule has 1 fully saturated rings. The zero-order valence-corrected chi connectivity index (χ0v) is 19.3. The lowest BCUT2D eigenvalue weighted by molar-refractivity contribution is 0.0971. The van der Waals surface area contributed by atoms with Gasteiger partial charge < -0.3 is 0 Å². The zero-order valence-electron chi connectivity index (χ0n) is 18.5. The number of Topliss-reactive ketones (excluding diaryl/α,β-unsaturated/α-hetero) is 1. The lowest BCUT2D eigenvalue weighted by Gasteiger charge is -2.21. The van der Waals surface area contributed by atoms with E-state index in [0.29, 0.717) is 29.3 Å². The van der Waals surface area contributed by atoms with Crippen LogP contribution in [0.1, 0.15) is 48.9 Å². The minimum atomic E-state index is -3.27. The summed E-state index contributed by atoms with van der Waals surface area (Å²) in [5, 5.41) is 0.00725. The normalized spacial score (nSPS) is 15.0. The Morgan fingerprint density at radius 3 is 2.27 bits per heavy atom. The van der Waals surface area contributed by atoms with Crippen molar-refractivity contribution in [3.63, 3.8) is 0 Å². The maximum atomic E-state index is 13.3. The summed E-state index contributed by atoms with van der Waals surface area (Å²) in [7, 11) is -3.27. The van der Waals surface area contributed by atoms with Gasteiger partial charge in [0.2, 0.25) is 0 Å². The number of hydrogen-bond acceptors (Lipinski definition) is 5. The Morgan fingerprint density at radius 2 is 1.55 bits per heavy atom. The minimum absolute atomic E-state index is 0.00597. The predicted molar refractivity (Wildman–Crippen MR) is 129 cm³/mol. The molecule has 1 heterocycles. The molecule has 0 amide bonds. The van der Waals surface area contributed by atoms with Crippen LogP contribution in [0.4, 0.5) is 0 Å². The van der Waals surface area contributed by atoms with Gasteiger partial charge in [-0.15, -0.1) is 0 Å². The fraction of sp³-hybridized carbons (Fsp3) is 0.400. The predicted octanol–water partition coefficient (Wildman–Crippen LogP) is 3.18. The second-order valence-electron chi connectivity index (χ2n) is 8.61. The van der Waals surface area contributed by atoms with Crippen LogP contribution in [0.3, 0.4) is 0 Å². The summed E-state index contributed by atoms with van der Waals surface area (Å²) in [4.78, 5) is 39.1. The largest absolute Gasteiger partial charge is 0.331 e. The van der Waals surface area contributed by atoms with E-state index in [9.17, 15) is 22.8 Å². The summed E-state index contributed by atoms with van der Waals surface area (Å²) in [5.74, 6) is -0.299. The van der Waals surface area contributed by atoms with Crippen LogP contribution in [0, 0.1) is 0 Å². The van der Waals surface area contributed by atoms with Crippen LogP contribution in [0.5, 0.6) is 0 Å². The van der Waals surface area contributed by atoms with E-state index in [4.69, 9.17) is 0 Å². The van der Waals surface area contributed by atoms with E-state index >= 15 is 0 Å². The Kier molecular flexibility index (Phi) is 6.93. The van der Waals surface area contributed by atoms with Crippen molar-refractivity contribution >= 4 is 26.5 Å². The molecule has 0 saturated heterocycles. The molecule has 174 valence electrons. The summed E-state index contributed by atoms with van der Waals surface area (Å²) in [6.07, 6.45) is 4.47. The maximum absolute atomic E-state index is 13.3. The molecule has 0 N–H and O–H groups in total. The highest BCUT2D eigenvalue weighted by Gasteiger charge is 2.27. The number of hydrogen-bond donors (Lipinski definition) is 0. The third-order valence-corrected chi connectivity index (χ3v) is 8.75. The fourth-order valence-electron chi connectivity index (χ4n) is 4.59. The monoisotopic (exact) mass is 468 g/mol. The minimum Gasteiger partial charge on any atom is -0.292 e. The lowest BCUT2D eigenvalue weighted by Crippen LogP contribution is -2.41. The quantitative estimate of drug-likeness (QED) is 0.473. The van der Waals surface area contributed by atoms with Crippen LogP contribution < -0.4 is 11.2 Å². The van der Waals surface area contributed by atoms with Crippen molar-refractivity contribution < 1.29 is 13.2 Å². The number of nitrogens with zero attached hydrogens (tertiary/aromatic N) is 2. The summed E-state index contributed by atoms with van der Waals surface area (Å²) in [5.41, 5.74) is -0.195. The van der Waals surface area contributed by atoms with Crippen LogP contribution in [0.2, 0.25) is 0 Å². The van der Waals surface area contributed by atoms with Gasteiger partial charge in [-0.2, -0.15) is 0 Å². The molecule has 0 bridgehead atoms. The molecule has 1 aromatic heterocycles. The Bertz CT molecular complexity index is 1370. The van der Waals surface area contributed by atoms with Crippen LogP contribution in [-0.2, 0) is 22.9 Å². The average molecular weight is 469 g/mol. The molecule has 0 atom stereocenters. The molecule has 8 heteroatoms. The Labute approximate surface area is 192 Å². The van der Waals surface area contributed by atoms with Crippen molar-refractivity contribution in [2.45, 2.75) is 56.9 Å². The molecule has 1 aliphatic rings. The maximum Gasteiger partial charge on any atom is 0.331 e. The summed E-state index contributed by atoms with van der Waals surface area (Å²) >= 11 is 0. The van der Waals surface area contributed by atoms with E-state index in [1.54, 1.807) is 54.6 Å². The number of fused-ring (bicyclic) bond motifs is 1. The van der Waals surface area contributed by atoms with Gasteiger partial charge in [0, 0.05) is 12.1 Å². The first-order valence-corrected chi connectivity index (χ1v) is 13.1. The van der Waals surface area contributed by atoms with E-state index in [2.05, 4.69) is 0 Å². The van der Waals surface area contributed by atoms with Crippen LogP contribution in [-0.4, -0.2) is 34.3 Å². The summed E-state index contributed by atoms with van der Waals surface area (Å²) < 4.78 is 27.8. The zero-order chi connectivity index (χ0) is 23.4. The summed E-state index contributed by atoms with van der Waals surface area (Å²) in [6.45, 7) is -0.210. The van der Waals surface area contributed by atoms with Crippen molar-refractivity contribution in [2.24, 2.45) is 0 Å². The number of rotatable bonds is 8.